The van der Waals surface area contributed by atoms with Crippen LogP contribution in [0.25, 0.3) is 0 Å². The topological polar surface area (TPSA) is 43.1 Å². The second-order valence-electron chi connectivity index (χ2n) is 3.77. The van der Waals surface area contributed by atoms with Crippen LogP contribution in [0.2, 0.25) is 0 Å². The van der Waals surface area contributed by atoms with Gasteiger partial charge in [0, 0.05) is 16.3 Å². The molecule has 0 spiro atoms. The molecule has 1 atom stereocenters. The van der Waals surface area contributed by atoms with Crippen LogP contribution in [0, 0.1) is 5.92 Å². The molecule has 0 aliphatic rings. The zero-order valence-electron chi connectivity index (χ0n) is 9.40. The average molecular weight is 225 g/mol. The Morgan fingerprint density at radius 2 is 2.00 bits per heavy atom. The second kappa shape index (κ2) is 5.91. The van der Waals surface area contributed by atoms with Crippen molar-refractivity contribution in [2.45, 2.75) is 31.6 Å². The number of anilines is 1. The quantitative estimate of drug-likeness (QED) is 0.783. The first kappa shape index (κ1) is 12.2. The van der Waals surface area contributed by atoms with Crippen molar-refractivity contribution >= 4 is 16.5 Å². The summed E-state index contributed by atoms with van der Waals surface area (Å²) in [5.74, 6) is 1.29. The van der Waals surface area contributed by atoms with Gasteiger partial charge in [0.15, 0.2) is 0 Å². The van der Waals surface area contributed by atoms with Crippen LogP contribution in [-0.2, 0) is 10.8 Å². The minimum absolute atomic E-state index is 0.548. The van der Waals surface area contributed by atoms with Gasteiger partial charge < -0.3 is 5.73 Å². The molecule has 2 N–H and O–H groups in total. The fraction of sp³-hybridized carbons (Fsp3) is 0.500. The molecule has 0 fully saturated rings. The van der Waals surface area contributed by atoms with Crippen molar-refractivity contribution in [1.82, 2.24) is 0 Å². The van der Waals surface area contributed by atoms with Crippen molar-refractivity contribution in [1.29, 1.82) is 0 Å². The smallest absolute Gasteiger partial charge is 0.0533 e. The van der Waals surface area contributed by atoms with Crippen LogP contribution >= 0.6 is 0 Å². The molecule has 0 saturated heterocycles. The van der Waals surface area contributed by atoms with Gasteiger partial charge in [-0.3, -0.25) is 4.21 Å². The Morgan fingerprint density at radius 1 is 1.33 bits per heavy atom. The summed E-state index contributed by atoms with van der Waals surface area (Å²) in [6.45, 7) is 4.29. The molecule has 1 aromatic rings. The lowest BCUT2D eigenvalue weighted by Gasteiger charge is -2.11. The third-order valence-corrected chi connectivity index (χ3v) is 4.22. The van der Waals surface area contributed by atoms with Gasteiger partial charge >= 0.3 is 0 Å². The lowest BCUT2D eigenvalue weighted by atomic mass is 10.1. The maximum Gasteiger partial charge on any atom is 0.0533 e. The van der Waals surface area contributed by atoms with Crippen molar-refractivity contribution in [3.05, 3.63) is 24.3 Å². The van der Waals surface area contributed by atoms with Crippen LogP contribution in [-0.4, -0.2) is 9.96 Å². The lowest BCUT2D eigenvalue weighted by molar-refractivity contribution is 0.544. The summed E-state index contributed by atoms with van der Waals surface area (Å²) in [5, 5.41) is 0. The van der Waals surface area contributed by atoms with Gasteiger partial charge in [0.1, 0.15) is 0 Å². The summed E-state index contributed by atoms with van der Waals surface area (Å²) < 4.78 is 12.0. The highest BCUT2D eigenvalue weighted by Crippen LogP contribution is 2.16. The molecule has 1 unspecified atom stereocenters. The largest absolute Gasteiger partial charge is 0.399 e. The molecule has 0 aliphatic carbocycles. The number of hydrogen-bond acceptors (Lipinski definition) is 2. The molecule has 84 valence electrons. The Bertz CT molecular complexity index is 334. The van der Waals surface area contributed by atoms with E-state index < -0.39 is 10.8 Å². The number of nitrogens with two attached hydrogens (primary N) is 1. The number of benzene rings is 1. The molecular formula is C12H19NOS. The zero-order valence-corrected chi connectivity index (χ0v) is 10.2. The molecule has 0 aromatic heterocycles. The summed E-state index contributed by atoms with van der Waals surface area (Å²) >= 11 is 0. The lowest BCUT2D eigenvalue weighted by Crippen LogP contribution is -2.09. The van der Waals surface area contributed by atoms with Crippen molar-refractivity contribution in [3.63, 3.8) is 0 Å². The van der Waals surface area contributed by atoms with Gasteiger partial charge in [-0.2, -0.15) is 0 Å². The van der Waals surface area contributed by atoms with Gasteiger partial charge in [0.25, 0.3) is 0 Å². The Morgan fingerprint density at radius 3 is 2.53 bits per heavy atom. The van der Waals surface area contributed by atoms with E-state index in [2.05, 4.69) is 13.8 Å². The fourth-order valence-electron chi connectivity index (χ4n) is 1.49. The second-order valence-corrected chi connectivity index (χ2v) is 5.26. The first-order valence-corrected chi connectivity index (χ1v) is 6.73. The molecule has 0 amide bonds. The van der Waals surface area contributed by atoms with Crippen LogP contribution in [0.3, 0.4) is 0 Å². The molecule has 3 heteroatoms. The Balaban J connectivity index is 2.68. The molecular weight excluding hydrogens is 206 g/mol. The maximum absolute atomic E-state index is 12.0. The molecule has 1 rings (SSSR count). The molecule has 0 saturated carbocycles. The number of nitrogen functional groups attached to an aromatic ring is 1. The fourth-order valence-corrected chi connectivity index (χ4v) is 3.08. The highest BCUT2D eigenvalue weighted by atomic mass is 32.2. The van der Waals surface area contributed by atoms with Crippen LogP contribution in [0.1, 0.15) is 26.7 Å². The molecule has 0 radical (unpaired) electrons. The SMILES string of the molecule is CCC(CC)CS(=O)c1cccc(N)c1. The van der Waals surface area contributed by atoms with Crippen molar-refractivity contribution in [3.8, 4) is 0 Å². The van der Waals surface area contributed by atoms with Gasteiger partial charge in [-0.05, 0) is 24.1 Å². The molecule has 2 nitrogen and oxygen atoms in total. The molecule has 1 aromatic carbocycles. The number of rotatable bonds is 5. The van der Waals surface area contributed by atoms with E-state index in [1.165, 1.54) is 0 Å². The predicted octanol–water partition coefficient (Wildman–Crippen LogP) is 2.81. The van der Waals surface area contributed by atoms with E-state index in [4.69, 9.17) is 5.73 Å². The predicted molar refractivity (Wildman–Crippen MR) is 66.2 cm³/mol. The van der Waals surface area contributed by atoms with Gasteiger partial charge in [0.2, 0.25) is 0 Å². The number of hydrogen-bond donors (Lipinski definition) is 1. The van der Waals surface area contributed by atoms with E-state index in [0.29, 0.717) is 11.6 Å². The van der Waals surface area contributed by atoms with Crippen molar-refractivity contribution in [2.24, 2.45) is 5.92 Å². The van der Waals surface area contributed by atoms with E-state index in [-0.39, 0.29) is 0 Å². The Kier molecular flexibility index (Phi) is 4.82. The standard InChI is InChI=1S/C12H19NOS/c1-3-10(4-2)9-15(14)12-7-5-6-11(13)8-12/h5-8,10H,3-4,9,13H2,1-2H3. The summed E-state index contributed by atoms with van der Waals surface area (Å²) in [4.78, 5) is 0.849. The molecule has 0 bridgehead atoms. The van der Waals surface area contributed by atoms with Crippen LogP contribution in [0.4, 0.5) is 5.69 Å². The van der Waals surface area contributed by atoms with E-state index in [1.54, 1.807) is 6.07 Å². The van der Waals surface area contributed by atoms with E-state index in [9.17, 15) is 4.21 Å². The Labute approximate surface area is 94.3 Å². The summed E-state index contributed by atoms with van der Waals surface area (Å²) in [5.41, 5.74) is 6.34. The van der Waals surface area contributed by atoms with Gasteiger partial charge in [-0.25, -0.2) is 0 Å². The minimum atomic E-state index is -0.904. The third kappa shape index (κ3) is 3.67. The first-order chi connectivity index (χ1) is 7.17. The molecule has 15 heavy (non-hydrogen) atoms. The summed E-state index contributed by atoms with van der Waals surface area (Å²) in [6, 6.07) is 7.36. The Hall–Kier alpha value is -0.830. The molecule has 0 aliphatic heterocycles. The minimum Gasteiger partial charge on any atom is -0.399 e. The maximum atomic E-state index is 12.0. The highest BCUT2D eigenvalue weighted by molar-refractivity contribution is 7.85. The van der Waals surface area contributed by atoms with Crippen molar-refractivity contribution < 1.29 is 4.21 Å². The van der Waals surface area contributed by atoms with E-state index in [0.717, 1.165) is 23.5 Å². The first-order valence-electron chi connectivity index (χ1n) is 5.41. The van der Waals surface area contributed by atoms with Crippen LogP contribution in [0.15, 0.2) is 29.2 Å². The van der Waals surface area contributed by atoms with Crippen LogP contribution < -0.4 is 5.73 Å². The van der Waals surface area contributed by atoms with Gasteiger partial charge in [0.05, 0.1) is 10.8 Å². The third-order valence-electron chi connectivity index (χ3n) is 2.66. The van der Waals surface area contributed by atoms with Gasteiger partial charge in [-0.1, -0.05) is 32.8 Å². The molecule has 0 heterocycles. The monoisotopic (exact) mass is 225 g/mol. The van der Waals surface area contributed by atoms with E-state index >= 15 is 0 Å². The summed E-state index contributed by atoms with van der Waals surface area (Å²) in [7, 11) is -0.904. The van der Waals surface area contributed by atoms with Gasteiger partial charge in [-0.15, -0.1) is 0 Å². The van der Waals surface area contributed by atoms with Crippen molar-refractivity contribution in [2.75, 3.05) is 11.5 Å². The van der Waals surface area contributed by atoms with E-state index in [1.807, 2.05) is 18.2 Å². The summed E-state index contributed by atoms with van der Waals surface area (Å²) in [6.07, 6.45) is 2.18. The highest BCUT2D eigenvalue weighted by Gasteiger charge is 2.10. The average Bonchev–Trinajstić information content (AvgIpc) is 2.25. The normalized spacial score (nSPS) is 13.0. The zero-order chi connectivity index (χ0) is 11.3. The van der Waals surface area contributed by atoms with Crippen LogP contribution in [0.5, 0.6) is 0 Å².